The second-order valence-corrected chi connectivity index (χ2v) is 5.46. The fraction of sp³-hybridized carbons (Fsp3) is 0.857. The molecule has 0 atom stereocenters. The van der Waals surface area contributed by atoms with Crippen LogP contribution < -0.4 is 5.32 Å². The van der Waals surface area contributed by atoms with Crippen molar-refractivity contribution in [2.45, 2.75) is 51.2 Å². The van der Waals surface area contributed by atoms with Crippen LogP contribution in [0, 0.1) is 0 Å². The summed E-state index contributed by atoms with van der Waals surface area (Å²) < 4.78 is 5.82. The van der Waals surface area contributed by atoms with E-state index in [0.717, 1.165) is 45.7 Å². The highest BCUT2D eigenvalue weighted by Crippen LogP contribution is 2.34. The number of hydrogen-bond donors (Lipinski definition) is 2. The topological polar surface area (TPSA) is 78.9 Å². The average Bonchev–Trinajstić information content (AvgIpc) is 2.42. The smallest absolute Gasteiger partial charge is 0.300 e. The highest BCUT2D eigenvalue weighted by atomic mass is 16.5. The highest BCUT2D eigenvalue weighted by Gasteiger charge is 2.41. The minimum atomic E-state index is -0.833. The lowest BCUT2D eigenvalue weighted by molar-refractivity contribution is -0.169. The Hall–Kier alpha value is -1.14. The molecule has 1 saturated carbocycles. The van der Waals surface area contributed by atoms with Crippen molar-refractivity contribution >= 4 is 11.9 Å². The van der Waals surface area contributed by atoms with E-state index >= 15 is 0 Å². The number of likely N-dealkylation sites (N-methyl/N-ethyl adjacent to an activating group) is 1. The van der Waals surface area contributed by atoms with E-state index < -0.39 is 5.97 Å². The molecule has 0 aromatic heterocycles. The predicted molar refractivity (Wildman–Crippen MR) is 75.6 cm³/mol. The Labute approximate surface area is 120 Å². The molecule has 6 heteroatoms. The third-order valence-corrected chi connectivity index (χ3v) is 4.02. The summed E-state index contributed by atoms with van der Waals surface area (Å²) in [6, 6.07) is 0.627. The van der Waals surface area contributed by atoms with Gasteiger partial charge >= 0.3 is 0 Å². The van der Waals surface area contributed by atoms with Gasteiger partial charge in [-0.2, -0.15) is 0 Å². The Balaban J connectivity index is 0.000000444. The van der Waals surface area contributed by atoms with Gasteiger partial charge in [0.2, 0.25) is 5.91 Å². The predicted octanol–water partition coefficient (Wildman–Crippen LogP) is 0.857. The fourth-order valence-corrected chi connectivity index (χ4v) is 2.81. The molecule has 2 rings (SSSR count). The van der Waals surface area contributed by atoms with E-state index in [0.29, 0.717) is 6.04 Å². The van der Waals surface area contributed by atoms with Crippen molar-refractivity contribution in [2.24, 2.45) is 0 Å². The largest absolute Gasteiger partial charge is 0.481 e. The van der Waals surface area contributed by atoms with Crippen LogP contribution in [0.25, 0.3) is 0 Å². The lowest BCUT2D eigenvalue weighted by Gasteiger charge is -2.46. The first kappa shape index (κ1) is 16.9. The Bertz CT molecular complexity index is 334. The van der Waals surface area contributed by atoms with Crippen molar-refractivity contribution in [2.75, 3.05) is 26.7 Å². The number of aliphatic carboxylic acids is 1. The van der Waals surface area contributed by atoms with Gasteiger partial charge in [0.1, 0.15) is 6.61 Å². The minimum Gasteiger partial charge on any atom is -0.481 e. The van der Waals surface area contributed by atoms with Crippen LogP contribution in [0.1, 0.15) is 39.5 Å². The summed E-state index contributed by atoms with van der Waals surface area (Å²) >= 11 is 0. The molecule has 0 aromatic rings. The summed E-state index contributed by atoms with van der Waals surface area (Å²) in [6.45, 7) is 4.99. The summed E-state index contributed by atoms with van der Waals surface area (Å²) in [4.78, 5) is 22.5. The monoisotopic (exact) mass is 286 g/mol. The highest BCUT2D eigenvalue weighted by molar-refractivity contribution is 5.78. The molecule has 1 heterocycles. The molecule has 1 aliphatic carbocycles. The molecule has 1 saturated heterocycles. The number of rotatable bonds is 2. The van der Waals surface area contributed by atoms with E-state index in [4.69, 9.17) is 14.6 Å². The first-order valence-electron chi connectivity index (χ1n) is 7.21. The normalized spacial score (nSPS) is 29.9. The Morgan fingerprint density at radius 3 is 2.50 bits per heavy atom. The number of carboxylic acids is 1. The van der Waals surface area contributed by atoms with Crippen molar-refractivity contribution in [3.8, 4) is 0 Å². The standard InChI is InChI=1S/C12H22N2O2.C2H4O2/c1-3-14-9-12(16-8-11(14)15)6-4-10(13-2)5-7-12;1-2(3)4/h10,13H,3-9H2,1-2H3;1H3,(H,3,4). The molecule has 2 N–H and O–H groups in total. The number of carbonyl (C=O) groups excluding carboxylic acids is 1. The molecular formula is C14H26N2O4. The quantitative estimate of drug-likeness (QED) is 0.787. The molecule has 2 aliphatic rings. The zero-order valence-electron chi connectivity index (χ0n) is 12.6. The molecule has 0 radical (unpaired) electrons. The molecule has 0 unspecified atom stereocenters. The molecule has 6 nitrogen and oxygen atoms in total. The number of nitrogens with zero attached hydrogens (tertiary/aromatic N) is 1. The van der Waals surface area contributed by atoms with E-state index in [9.17, 15) is 4.79 Å². The minimum absolute atomic E-state index is 0.0444. The van der Waals surface area contributed by atoms with Crippen molar-refractivity contribution < 1.29 is 19.4 Å². The molecule has 20 heavy (non-hydrogen) atoms. The number of nitrogens with one attached hydrogen (secondary N) is 1. The molecule has 2 fully saturated rings. The molecule has 1 amide bonds. The molecule has 0 bridgehead atoms. The van der Waals surface area contributed by atoms with Crippen LogP contribution in [0.2, 0.25) is 0 Å². The Kier molecular flexibility index (Phi) is 6.42. The van der Waals surface area contributed by atoms with Crippen LogP contribution in [0.3, 0.4) is 0 Å². The third-order valence-electron chi connectivity index (χ3n) is 4.02. The lowest BCUT2D eigenvalue weighted by atomic mass is 9.81. The zero-order valence-corrected chi connectivity index (χ0v) is 12.6. The summed E-state index contributed by atoms with van der Waals surface area (Å²) in [7, 11) is 2.02. The molecule has 1 aliphatic heterocycles. The van der Waals surface area contributed by atoms with Crippen molar-refractivity contribution in [1.82, 2.24) is 10.2 Å². The maximum Gasteiger partial charge on any atom is 0.300 e. The van der Waals surface area contributed by atoms with Crippen molar-refractivity contribution in [3.05, 3.63) is 0 Å². The maximum atomic E-state index is 11.6. The first-order chi connectivity index (χ1) is 9.42. The van der Waals surface area contributed by atoms with E-state index in [1.807, 2.05) is 18.9 Å². The zero-order chi connectivity index (χ0) is 15.2. The van der Waals surface area contributed by atoms with Crippen LogP contribution in [0.5, 0.6) is 0 Å². The second-order valence-electron chi connectivity index (χ2n) is 5.46. The van der Waals surface area contributed by atoms with E-state index in [2.05, 4.69) is 5.32 Å². The van der Waals surface area contributed by atoms with Gasteiger partial charge in [-0.15, -0.1) is 0 Å². The number of ether oxygens (including phenoxy) is 1. The van der Waals surface area contributed by atoms with Crippen LogP contribution in [-0.2, 0) is 14.3 Å². The summed E-state index contributed by atoms with van der Waals surface area (Å²) in [5.41, 5.74) is -0.0444. The van der Waals surface area contributed by atoms with Gasteiger partial charge in [-0.05, 0) is 39.7 Å². The van der Waals surface area contributed by atoms with Gasteiger partial charge in [-0.25, -0.2) is 0 Å². The Morgan fingerprint density at radius 1 is 1.50 bits per heavy atom. The first-order valence-corrected chi connectivity index (χ1v) is 7.21. The van der Waals surface area contributed by atoms with Crippen LogP contribution >= 0.6 is 0 Å². The van der Waals surface area contributed by atoms with Gasteiger partial charge in [0, 0.05) is 26.1 Å². The number of carboxylic acid groups (broad SMARTS) is 1. The van der Waals surface area contributed by atoms with Crippen LogP contribution in [0.15, 0.2) is 0 Å². The van der Waals surface area contributed by atoms with Gasteiger partial charge in [-0.3, -0.25) is 9.59 Å². The van der Waals surface area contributed by atoms with E-state index in [1.54, 1.807) is 0 Å². The van der Waals surface area contributed by atoms with Gasteiger partial charge in [0.15, 0.2) is 0 Å². The maximum absolute atomic E-state index is 11.6. The van der Waals surface area contributed by atoms with Gasteiger partial charge in [0.05, 0.1) is 5.60 Å². The average molecular weight is 286 g/mol. The third kappa shape index (κ3) is 4.76. The molecule has 1 spiro atoms. The SMILES string of the molecule is CC(=O)O.CCN1CC2(CCC(NC)CC2)OCC1=O. The fourth-order valence-electron chi connectivity index (χ4n) is 2.81. The summed E-state index contributed by atoms with van der Waals surface area (Å²) in [6.07, 6.45) is 4.45. The van der Waals surface area contributed by atoms with Crippen LogP contribution in [0.4, 0.5) is 0 Å². The molecular weight excluding hydrogens is 260 g/mol. The second kappa shape index (κ2) is 7.59. The molecule has 116 valence electrons. The number of amides is 1. The summed E-state index contributed by atoms with van der Waals surface area (Å²) in [5, 5.41) is 10.7. The Morgan fingerprint density at radius 2 is 2.05 bits per heavy atom. The van der Waals surface area contributed by atoms with E-state index in [-0.39, 0.29) is 18.1 Å². The number of carbonyl (C=O) groups is 2. The molecule has 0 aromatic carbocycles. The van der Waals surface area contributed by atoms with Crippen molar-refractivity contribution in [3.63, 3.8) is 0 Å². The van der Waals surface area contributed by atoms with Crippen molar-refractivity contribution in [1.29, 1.82) is 0 Å². The van der Waals surface area contributed by atoms with E-state index in [1.165, 1.54) is 0 Å². The lowest BCUT2D eigenvalue weighted by Crippen LogP contribution is -2.56. The summed E-state index contributed by atoms with van der Waals surface area (Å²) in [5.74, 6) is -0.691. The number of morpholine rings is 1. The number of hydrogen-bond acceptors (Lipinski definition) is 4. The van der Waals surface area contributed by atoms with Crippen LogP contribution in [-0.4, -0.2) is 60.3 Å². The van der Waals surface area contributed by atoms with Gasteiger partial charge in [-0.1, -0.05) is 0 Å². The van der Waals surface area contributed by atoms with Gasteiger partial charge < -0.3 is 20.1 Å². The van der Waals surface area contributed by atoms with Gasteiger partial charge in [0.25, 0.3) is 5.97 Å².